The van der Waals surface area contributed by atoms with Crippen LogP contribution in [0.5, 0.6) is 17.2 Å². The lowest BCUT2D eigenvalue weighted by Gasteiger charge is -2.20. The van der Waals surface area contributed by atoms with E-state index in [2.05, 4.69) is 38.2 Å². The zero-order chi connectivity index (χ0) is 15.3. The highest BCUT2D eigenvalue weighted by atomic mass is 16.5. The molecule has 0 aromatic heterocycles. The van der Waals surface area contributed by atoms with Gasteiger partial charge in [0.15, 0.2) is 11.5 Å². The van der Waals surface area contributed by atoms with Crippen LogP contribution in [0.15, 0.2) is 48.5 Å². The standard InChI is InChI=1S/C18H23NO2/c1-18(2,3)19-13-14-9-11-15(12-10-14)21-17-8-6-5-7-16(17)20-4/h5-12,19H,13H2,1-4H3. The van der Waals surface area contributed by atoms with Gasteiger partial charge in [-0.3, -0.25) is 0 Å². The second kappa shape index (κ2) is 6.64. The van der Waals surface area contributed by atoms with Crippen LogP contribution < -0.4 is 14.8 Å². The van der Waals surface area contributed by atoms with Gasteiger partial charge in [0.1, 0.15) is 5.75 Å². The number of nitrogens with one attached hydrogen (secondary N) is 1. The summed E-state index contributed by atoms with van der Waals surface area (Å²) < 4.78 is 11.1. The lowest BCUT2D eigenvalue weighted by molar-refractivity contribution is 0.378. The summed E-state index contributed by atoms with van der Waals surface area (Å²) in [7, 11) is 1.64. The average Bonchev–Trinajstić information content (AvgIpc) is 2.46. The number of methoxy groups -OCH3 is 1. The molecule has 0 radical (unpaired) electrons. The molecular formula is C18H23NO2. The van der Waals surface area contributed by atoms with Crippen LogP contribution in [0, 0.1) is 0 Å². The van der Waals surface area contributed by atoms with Crippen molar-refractivity contribution in [2.75, 3.05) is 7.11 Å². The molecule has 21 heavy (non-hydrogen) atoms. The van der Waals surface area contributed by atoms with Gasteiger partial charge >= 0.3 is 0 Å². The van der Waals surface area contributed by atoms with E-state index in [4.69, 9.17) is 9.47 Å². The molecule has 0 atom stereocenters. The number of benzene rings is 2. The summed E-state index contributed by atoms with van der Waals surface area (Å²) in [6, 6.07) is 15.7. The van der Waals surface area contributed by atoms with E-state index in [9.17, 15) is 0 Å². The molecule has 0 aliphatic rings. The fraction of sp³-hybridized carbons (Fsp3) is 0.333. The monoisotopic (exact) mass is 285 g/mol. The zero-order valence-electron chi connectivity index (χ0n) is 13.1. The van der Waals surface area contributed by atoms with Gasteiger partial charge < -0.3 is 14.8 Å². The molecule has 0 fully saturated rings. The highest BCUT2D eigenvalue weighted by molar-refractivity contribution is 5.42. The van der Waals surface area contributed by atoms with Crippen molar-refractivity contribution in [1.82, 2.24) is 5.32 Å². The molecule has 0 aliphatic carbocycles. The summed E-state index contributed by atoms with van der Waals surface area (Å²) in [5.41, 5.74) is 1.35. The van der Waals surface area contributed by atoms with Crippen LogP contribution in [0.1, 0.15) is 26.3 Å². The first-order valence-electron chi connectivity index (χ1n) is 7.13. The summed E-state index contributed by atoms with van der Waals surface area (Å²) in [6.07, 6.45) is 0. The van der Waals surface area contributed by atoms with E-state index >= 15 is 0 Å². The molecule has 3 nitrogen and oxygen atoms in total. The third kappa shape index (κ3) is 4.80. The second-order valence-electron chi connectivity index (χ2n) is 6.00. The number of para-hydroxylation sites is 2. The molecule has 1 N–H and O–H groups in total. The van der Waals surface area contributed by atoms with Crippen LogP contribution in [0.2, 0.25) is 0 Å². The van der Waals surface area contributed by atoms with E-state index in [1.54, 1.807) is 7.11 Å². The molecule has 0 spiro atoms. The Morgan fingerprint density at radius 3 is 2.10 bits per heavy atom. The van der Waals surface area contributed by atoms with Gasteiger partial charge in [-0.25, -0.2) is 0 Å². The molecule has 2 rings (SSSR count). The maximum Gasteiger partial charge on any atom is 0.169 e. The maximum absolute atomic E-state index is 5.86. The Morgan fingerprint density at radius 2 is 1.52 bits per heavy atom. The minimum atomic E-state index is 0.118. The zero-order valence-corrected chi connectivity index (χ0v) is 13.1. The van der Waals surface area contributed by atoms with Gasteiger partial charge in [0.05, 0.1) is 7.11 Å². The first-order chi connectivity index (χ1) is 9.98. The van der Waals surface area contributed by atoms with Crippen LogP contribution >= 0.6 is 0 Å². The van der Waals surface area contributed by atoms with E-state index in [1.165, 1.54) is 5.56 Å². The Hall–Kier alpha value is -2.00. The van der Waals surface area contributed by atoms with Crippen molar-refractivity contribution < 1.29 is 9.47 Å². The fourth-order valence-electron chi connectivity index (χ4n) is 1.87. The molecule has 112 valence electrons. The normalized spacial score (nSPS) is 11.2. The molecule has 0 amide bonds. The van der Waals surface area contributed by atoms with Crippen LogP contribution in [0.25, 0.3) is 0 Å². The van der Waals surface area contributed by atoms with Gasteiger partial charge in [0, 0.05) is 12.1 Å². The Balaban J connectivity index is 2.02. The van der Waals surface area contributed by atoms with Gasteiger partial charge in [-0.2, -0.15) is 0 Å². The Kier molecular flexibility index (Phi) is 4.86. The smallest absolute Gasteiger partial charge is 0.169 e. The first kappa shape index (κ1) is 15.4. The van der Waals surface area contributed by atoms with Crippen LogP contribution in [0.3, 0.4) is 0 Å². The van der Waals surface area contributed by atoms with Gasteiger partial charge in [-0.15, -0.1) is 0 Å². The molecule has 2 aromatic carbocycles. The van der Waals surface area contributed by atoms with Gasteiger partial charge in [0.2, 0.25) is 0 Å². The van der Waals surface area contributed by atoms with Gasteiger partial charge in [0.25, 0.3) is 0 Å². The lowest BCUT2D eigenvalue weighted by atomic mass is 10.1. The molecule has 0 saturated carbocycles. The van der Waals surface area contributed by atoms with Gasteiger partial charge in [-0.1, -0.05) is 24.3 Å². The summed E-state index contributed by atoms with van der Waals surface area (Å²) in [5.74, 6) is 2.26. The van der Waals surface area contributed by atoms with Crippen molar-refractivity contribution >= 4 is 0 Å². The van der Waals surface area contributed by atoms with Crippen molar-refractivity contribution in [3.05, 3.63) is 54.1 Å². The van der Waals surface area contributed by atoms with Crippen LogP contribution in [-0.4, -0.2) is 12.6 Å². The SMILES string of the molecule is COc1ccccc1Oc1ccc(CNC(C)(C)C)cc1. The predicted molar refractivity (Wildman–Crippen MR) is 86.1 cm³/mol. The average molecular weight is 285 g/mol. The third-order valence-electron chi connectivity index (χ3n) is 3.04. The van der Waals surface area contributed by atoms with Crippen molar-refractivity contribution in [2.45, 2.75) is 32.9 Å². The highest BCUT2D eigenvalue weighted by Crippen LogP contribution is 2.30. The Labute approximate surface area is 126 Å². The molecule has 0 bridgehead atoms. The maximum atomic E-state index is 5.86. The summed E-state index contributed by atoms with van der Waals surface area (Å²) in [6.45, 7) is 7.32. The number of ether oxygens (including phenoxy) is 2. The molecular weight excluding hydrogens is 262 g/mol. The van der Waals surface area contributed by atoms with Crippen molar-refractivity contribution in [2.24, 2.45) is 0 Å². The summed E-state index contributed by atoms with van der Waals surface area (Å²) in [5, 5.41) is 3.46. The number of hydrogen-bond donors (Lipinski definition) is 1. The van der Waals surface area contributed by atoms with Crippen molar-refractivity contribution in [3.8, 4) is 17.2 Å². The topological polar surface area (TPSA) is 30.5 Å². The summed E-state index contributed by atoms with van der Waals surface area (Å²) in [4.78, 5) is 0. The third-order valence-corrected chi connectivity index (χ3v) is 3.04. The molecule has 0 saturated heterocycles. The van der Waals surface area contributed by atoms with E-state index in [-0.39, 0.29) is 5.54 Å². The molecule has 2 aromatic rings. The fourth-order valence-corrected chi connectivity index (χ4v) is 1.87. The Morgan fingerprint density at radius 1 is 0.905 bits per heavy atom. The minimum absolute atomic E-state index is 0.118. The molecule has 0 aliphatic heterocycles. The molecule has 3 heteroatoms. The lowest BCUT2D eigenvalue weighted by Crippen LogP contribution is -2.34. The van der Waals surface area contributed by atoms with E-state index in [1.807, 2.05) is 36.4 Å². The van der Waals surface area contributed by atoms with E-state index in [0.717, 1.165) is 23.8 Å². The molecule has 0 heterocycles. The highest BCUT2D eigenvalue weighted by Gasteiger charge is 2.08. The van der Waals surface area contributed by atoms with Gasteiger partial charge in [-0.05, 0) is 50.6 Å². The summed E-state index contributed by atoms with van der Waals surface area (Å²) >= 11 is 0. The van der Waals surface area contributed by atoms with E-state index in [0.29, 0.717) is 0 Å². The second-order valence-corrected chi connectivity index (χ2v) is 6.00. The van der Waals surface area contributed by atoms with Crippen LogP contribution in [-0.2, 0) is 6.54 Å². The quantitative estimate of drug-likeness (QED) is 0.884. The first-order valence-corrected chi connectivity index (χ1v) is 7.13. The number of hydrogen-bond acceptors (Lipinski definition) is 3. The van der Waals surface area contributed by atoms with Crippen molar-refractivity contribution in [3.63, 3.8) is 0 Å². The largest absolute Gasteiger partial charge is 0.493 e. The minimum Gasteiger partial charge on any atom is -0.493 e. The Bertz CT molecular complexity index is 571. The molecule has 0 unspecified atom stereocenters. The van der Waals surface area contributed by atoms with Crippen molar-refractivity contribution in [1.29, 1.82) is 0 Å². The van der Waals surface area contributed by atoms with Crippen LogP contribution in [0.4, 0.5) is 0 Å². The number of rotatable bonds is 5. The van der Waals surface area contributed by atoms with E-state index < -0.39 is 0 Å². The predicted octanol–water partition coefficient (Wildman–Crippen LogP) is 4.38.